The van der Waals surface area contributed by atoms with Gasteiger partial charge in [0.1, 0.15) is 24.6 Å². The molecule has 0 aromatic heterocycles. The van der Waals surface area contributed by atoms with E-state index >= 15 is 0 Å². The fourth-order valence-corrected chi connectivity index (χ4v) is 3.91. The molecule has 0 aromatic carbocycles. The lowest BCUT2D eigenvalue weighted by molar-refractivity contribution is -0.154. The summed E-state index contributed by atoms with van der Waals surface area (Å²) < 4.78 is 17.1. The molecule has 2 saturated heterocycles. The molecule has 0 saturated carbocycles. The number of carbonyl (C=O) groups is 3. The van der Waals surface area contributed by atoms with Crippen LogP contribution >= 0.6 is 0 Å². The van der Waals surface area contributed by atoms with Gasteiger partial charge >= 0.3 is 11.9 Å². The van der Waals surface area contributed by atoms with Gasteiger partial charge in [-0.25, -0.2) is 4.79 Å². The summed E-state index contributed by atoms with van der Waals surface area (Å²) in [5, 5.41) is 0. The summed E-state index contributed by atoms with van der Waals surface area (Å²) in [4.78, 5) is 35.9. The number of fused-ring (bicyclic) bond motifs is 3. The van der Waals surface area contributed by atoms with Gasteiger partial charge in [-0.05, 0) is 31.3 Å². The van der Waals surface area contributed by atoms with Crippen molar-refractivity contribution in [1.29, 1.82) is 0 Å². The number of hydrogen-bond acceptors (Lipinski definition) is 6. The lowest BCUT2D eigenvalue weighted by Crippen LogP contribution is -2.38. The number of allylic oxidation sites excluding steroid dienone is 1. The van der Waals surface area contributed by atoms with Crippen LogP contribution in [0.2, 0.25) is 0 Å². The zero-order valence-electron chi connectivity index (χ0n) is 15.5. The molecule has 2 aliphatic heterocycles. The fourth-order valence-electron chi connectivity index (χ4n) is 3.91. The number of rotatable bonds is 4. The van der Waals surface area contributed by atoms with Gasteiger partial charge in [0, 0.05) is 18.4 Å². The summed E-state index contributed by atoms with van der Waals surface area (Å²) in [6, 6.07) is 0. The lowest BCUT2D eigenvalue weighted by Gasteiger charge is -2.28. The number of aldehydes is 1. The molecule has 142 valence electrons. The van der Waals surface area contributed by atoms with Gasteiger partial charge < -0.3 is 14.2 Å². The molecule has 1 aliphatic carbocycles. The Kier molecular flexibility index (Phi) is 5.06. The molecule has 2 fully saturated rings. The van der Waals surface area contributed by atoms with E-state index in [0.717, 1.165) is 12.7 Å². The van der Waals surface area contributed by atoms with Gasteiger partial charge in [0.15, 0.2) is 0 Å². The summed E-state index contributed by atoms with van der Waals surface area (Å²) in [5.41, 5.74) is 0.435. The van der Waals surface area contributed by atoms with Crippen LogP contribution < -0.4 is 0 Å². The minimum absolute atomic E-state index is 0.152. The van der Waals surface area contributed by atoms with Crippen LogP contribution in [0.3, 0.4) is 0 Å². The highest BCUT2D eigenvalue weighted by molar-refractivity contribution is 5.91. The molecule has 0 radical (unpaired) electrons. The van der Waals surface area contributed by atoms with Crippen LogP contribution in [-0.4, -0.2) is 42.1 Å². The SMILES string of the molecule is C=C1C(=O)OC2C1C(OC(=O)CC(C)C)CC(C=O)=CCCC1(C)OC21. The highest BCUT2D eigenvalue weighted by Crippen LogP contribution is 2.50. The van der Waals surface area contributed by atoms with Crippen LogP contribution in [0.4, 0.5) is 0 Å². The van der Waals surface area contributed by atoms with Crippen molar-refractivity contribution in [2.45, 2.75) is 70.4 Å². The lowest BCUT2D eigenvalue weighted by atomic mass is 9.82. The van der Waals surface area contributed by atoms with Gasteiger partial charge in [0.2, 0.25) is 0 Å². The maximum absolute atomic E-state index is 12.3. The van der Waals surface area contributed by atoms with E-state index in [0.29, 0.717) is 12.0 Å². The average molecular weight is 362 g/mol. The van der Waals surface area contributed by atoms with Crippen LogP contribution in [0.1, 0.15) is 46.5 Å². The summed E-state index contributed by atoms with van der Waals surface area (Å²) >= 11 is 0. The molecule has 2 heterocycles. The van der Waals surface area contributed by atoms with E-state index in [1.54, 1.807) is 0 Å². The molecule has 3 rings (SSSR count). The Morgan fingerprint density at radius 2 is 2.23 bits per heavy atom. The van der Waals surface area contributed by atoms with Crippen molar-refractivity contribution in [3.63, 3.8) is 0 Å². The third-order valence-corrected chi connectivity index (χ3v) is 5.39. The highest BCUT2D eigenvalue weighted by Gasteiger charge is 2.63. The minimum Gasteiger partial charge on any atom is -0.461 e. The van der Waals surface area contributed by atoms with Crippen molar-refractivity contribution in [3.05, 3.63) is 23.8 Å². The van der Waals surface area contributed by atoms with E-state index in [1.165, 1.54) is 0 Å². The number of ether oxygens (including phenoxy) is 3. The number of epoxide rings is 1. The van der Waals surface area contributed by atoms with Gasteiger partial charge in [-0.3, -0.25) is 9.59 Å². The molecule has 6 heteroatoms. The first-order valence-corrected chi connectivity index (χ1v) is 9.16. The van der Waals surface area contributed by atoms with Crippen molar-refractivity contribution < 1.29 is 28.6 Å². The largest absolute Gasteiger partial charge is 0.461 e. The third-order valence-electron chi connectivity index (χ3n) is 5.39. The smallest absolute Gasteiger partial charge is 0.334 e. The summed E-state index contributed by atoms with van der Waals surface area (Å²) in [6.07, 6.45) is 3.12. The molecule has 5 atom stereocenters. The molecule has 26 heavy (non-hydrogen) atoms. The Morgan fingerprint density at radius 1 is 1.50 bits per heavy atom. The Balaban J connectivity index is 1.92. The maximum atomic E-state index is 12.3. The Bertz CT molecular complexity index is 663. The molecular weight excluding hydrogens is 336 g/mol. The fraction of sp³-hybridized carbons (Fsp3) is 0.650. The first-order valence-electron chi connectivity index (χ1n) is 9.16. The zero-order valence-corrected chi connectivity index (χ0v) is 15.5. The maximum Gasteiger partial charge on any atom is 0.334 e. The summed E-state index contributed by atoms with van der Waals surface area (Å²) in [5.74, 6) is -1.19. The average Bonchev–Trinajstić information content (AvgIpc) is 3.13. The minimum atomic E-state index is -0.673. The first kappa shape index (κ1) is 18.8. The molecule has 0 N–H and O–H groups in total. The van der Waals surface area contributed by atoms with E-state index in [4.69, 9.17) is 14.2 Å². The molecular formula is C20H26O6. The van der Waals surface area contributed by atoms with E-state index in [9.17, 15) is 14.4 Å². The molecule has 0 spiro atoms. The van der Waals surface area contributed by atoms with Gasteiger partial charge in [-0.2, -0.15) is 0 Å². The summed E-state index contributed by atoms with van der Waals surface area (Å²) in [7, 11) is 0. The Hall–Kier alpha value is -1.95. The monoisotopic (exact) mass is 362 g/mol. The number of carbonyl (C=O) groups excluding carboxylic acids is 3. The van der Waals surface area contributed by atoms with Crippen LogP contribution in [0.15, 0.2) is 23.8 Å². The Labute approximate surface area is 153 Å². The standard InChI is InChI=1S/C20H26O6/c1-11(2)8-15(22)24-14-9-13(10-21)6-5-7-20(4)18(26-20)17-16(14)12(3)19(23)25-17/h6,10-11,14,16-18H,3,5,7-9H2,1-2,4H3. The van der Waals surface area contributed by atoms with Crippen LogP contribution in [0.5, 0.6) is 0 Å². The topological polar surface area (TPSA) is 82.2 Å². The normalized spacial score (nSPS) is 36.5. The highest BCUT2D eigenvalue weighted by atomic mass is 16.6. The van der Waals surface area contributed by atoms with Crippen molar-refractivity contribution in [2.24, 2.45) is 11.8 Å². The second kappa shape index (κ2) is 6.99. The van der Waals surface area contributed by atoms with Crippen molar-refractivity contribution in [2.75, 3.05) is 0 Å². The van der Waals surface area contributed by atoms with Gasteiger partial charge in [0.05, 0.1) is 11.5 Å². The number of hydrogen-bond donors (Lipinski definition) is 0. The van der Waals surface area contributed by atoms with Gasteiger partial charge in [-0.15, -0.1) is 0 Å². The molecule has 0 aromatic rings. The second-order valence-corrected chi connectivity index (χ2v) is 8.04. The Morgan fingerprint density at radius 3 is 2.88 bits per heavy atom. The second-order valence-electron chi connectivity index (χ2n) is 8.04. The molecule has 5 unspecified atom stereocenters. The van der Waals surface area contributed by atoms with Crippen molar-refractivity contribution in [3.8, 4) is 0 Å². The van der Waals surface area contributed by atoms with Crippen LogP contribution in [0, 0.1) is 11.8 Å². The molecule has 0 bridgehead atoms. The molecule has 0 amide bonds. The molecule has 6 nitrogen and oxygen atoms in total. The zero-order chi connectivity index (χ0) is 19.1. The third kappa shape index (κ3) is 3.61. The van der Waals surface area contributed by atoms with Gasteiger partial charge in [0.25, 0.3) is 0 Å². The van der Waals surface area contributed by atoms with Crippen LogP contribution in [-0.2, 0) is 28.6 Å². The summed E-state index contributed by atoms with van der Waals surface area (Å²) in [6.45, 7) is 9.69. The van der Waals surface area contributed by atoms with Gasteiger partial charge in [-0.1, -0.05) is 26.5 Å². The number of esters is 2. The van der Waals surface area contributed by atoms with Crippen molar-refractivity contribution in [1.82, 2.24) is 0 Å². The predicted molar refractivity (Wildman–Crippen MR) is 93.1 cm³/mol. The van der Waals surface area contributed by atoms with E-state index < -0.39 is 29.7 Å². The first-order chi connectivity index (χ1) is 12.2. The van der Waals surface area contributed by atoms with Crippen LogP contribution in [0.25, 0.3) is 0 Å². The quantitative estimate of drug-likeness (QED) is 0.331. The molecule has 3 aliphatic rings. The van der Waals surface area contributed by atoms with E-state index in [-0.39, 0.29) is 36.4 Å². The predicted octanol–water partition coefficient (Wildman–Crippen LogP) is 2.51. The van der Waals surface area contributed by atoms with E-state index in [1.807, 2.05) is 26.8 Å². The van der Waals surface area contributed by atoms with E-state index in [2.05, 4.69) is 6.58 Å². The van der Waals surface area contributed by atoms with Crippen molar-refractivity contribution >= 4 is 18.2 Å².